The molecule has 0 aliphatic carbocycles. The smallest absolute Gasteiger partial charge is 0.261 e. The molecule has 5 heteroatoms. The van der Waals surface area contributed by atoms with Crippen molar-refractivity contribution in [2.24, 2.45) is 5.92 Å². The van der Waals surface area contributed by atoms with Crippen LogP contribution in [0.4, 0.5) is 0 Å². The lowest BCUT2D eigenvalue weighted by molar-refractivity contribution is 0.0948. The number of benzene rings is 1. The first kappa shape index (κ1) is 19.0. The summed E-state index contributed by atoms with van der Waals surface area (Å²) in [7, 11) is 0. The third kappa shape index (κ3) is 5.62. The van der Waals surface area contributed by atoms with Gasteiger partial charge in [0.15, 0.2) is 0 Å². The van der Waals surface area contributed by atoms with Gasteiger partial charge in [0.1, 0.15) is 0 Å². The topological polar surface area (TPSA) is 32.3 Å². The number of nitrogens with zero attached hydrogens (tertiary/aromatic N) is 1. The molecule has 0 spiro atoms. The number of rotatable bonds is 6. The van der Waals surface area contributed by atoms with Crippen LogP contribution in [0.1, 0.15) is 28.1 Å². The van der Waals surface area contributed by atoms with E-state index in [1.807, 2.05) is 17.5 Å². The number of carbonyl (C=O) groups excluding carboxylic acids is 1. The van der Waals surface area contributed by atoms with Crippen molar-refractivity contribution in [2.75, 3.05) is 26.2 Å². The summed E-state index contributed by atoms with van der Waals surface area (Å²) in [6.45, 7) is 3.98. The number of amides is 1. The fourth-order valence-electron chi connectivity index (χ4n) is 3.18. The predicted molar refractivity (Wildman–Crippen MR) is 103 cm³/mol. The summed E-state index contributed by atoms with van der Waals surface area (Å²) < 4.78 is 0. The first-order valence-corrected chi connectivity index (χ1v) is 9.27. The van der Waals surface area contributed by atoms with E-state index in [2.05, 4.69) is 40.5 Å². The van der Waals surface area contributed by atoms with Crippen LogP contribution in [-0.2, 0) is 6.42 Å². The molecule has 2 aromatic rings. The lowest BCUT2D eigenvalue weighted by atomic mass is 9.90. The Labute approximate surface area is 154 Å². The Balaban J connectivity index is 0.00000208. The summed E-state index contributed by atoms with van der Waals surface area (Å²) in [5.74, 6) is 0.855. The van der Waals surface area contributed by atoms with Crippen LogP contribution in [0.25, 0.3) is 0 Å². The fraction of sp³-hybridized carbons (Fsp3) is 0.421. The van der Waals surface area contributed by atoms with Crippen molar-refractivity contribution in [3.8, 4) is 0 Å². The van der Waals surface area contributed by atoms with Gasteiger partial charge in [-0.3, -0.25) is 4.79 Å². The van der Waals surface area contributed by atoms with Crippen molar-refractivity contribution in [1.29, 1.82) is 0 Å². The Morgan fingerprint density at radius 1 is 1.12 bits per heavy atom. The summed E-state index contributed by atoms with van der Waals surface area (Å²) in [6.07, 6.45) is 3.71. The molecule has 0 atom stereocenters. The number of piperidine rings is 1. The van der Waals surface area contributed by atoms with Crippen LogP contribution in [0.5, 0.6) is 0 Å². The molecule has 130 valence electrons. The molecule has 1 aromatic heterocycles. The Morgan fingerprint density at radius 2 is 1.88 bits per heavy atom. The zero-order chi connectivity index (χ0) is 15.9. The minimum Gasteiger partial charge on any atom is -0.350 e. The molecule has 1 fully saturated rings. The molecule has 24 heavy (non-hydrogen) atoms. The third-order valence-electron chi connectivity index (χ3n) is 4.53. The Bertz CT molecular complexity index is 595. The molecule has 1 amide bonds. The van der Waals surface area contributed by atoms with Gasteiger partial charge < -0.3 is 10.2 Å². The number of nitrogens with one attached hydrogen (secondary N) is 1. The number of halogens is 1. The second-order valence-electron chi connectivity index (χ2n) is 6.21. The lowest BCUT2D eigenvalue weighted by Gasteiger charge is -2.32. The SMILES string of the molecule is Cl.O=C(NCCN1CCC(Cc2ccccc2)CC1)c1cccs1. The van der Waals surface area contributed by atoms with Crippen LogP contribution in [0.3, 0.4) is 0 Å². The van der Waals surface area contributed by atoms with Crippen LogP contribution in [0, 0.1) is 5.92 Å². The number of hydrogen-bond acceptors (Lipinski definition) is 3. The normalized spacial score (nSPS) is 15.7. The molecule has 1 aliphatic rings. The zero-order valence-electron chi connectivity index (χ0n) is 13.8. The first-order chi connectivity index (χ1) is 11.3. The third-order valence-corrected chi connectivity index (χ3v) is 5.40. The standard InChI is InChI=1S/C19H24N2OS.ClH/c22-19(18-7-4-14-23-18)20-10-13-21-11-8-17(9-12-21)15-16-5-2-1-3-6-16;/h1-7,14,17H,8-13,15H2,(H,20,22);1H. The zero-order valence-corrected chi connectivity index (χ0v) is 15.5. The number of hydrogen-bond donors (Lipinski definition) is 1. The summed E-state index contributed by atoms with van der Waals surface area (Å²) in [4.78, 5) is 15.1. The monoisotopic (exact) mass is 364 g/mol. The molecule has 1 N–H and O–H groups in total. The van der Waals surface area contributed by atoms with Crippen LogP contribution >= 0.6 is 23.7 Å². The quantitative estimate of drug-likeness (QED) is 0.844. The van der Waals surface area contributed by atoms with Gasteiger partial charge in [-0.15, -0.1) is 23.7 Å². The minimum atomic E-state index is 0. The number of thiophene rings is 1. The average molecular weight is 365 g/mol. The van der Waals surface area contributed by atoms with Gasteiger partial charge in [0.2, 0.25) is 0 Å². The van der Waals surface area contributed by atoms with Gasteiger partial charge in [0, 0.05) is 13.1 Å². The van der Waals surface area contributed by atoms with E-state index in [-0.39, 0.29) is 18.3 Å². The maximum Gasteiger partial charge on any atom is 0.261 e. The van der Waals surface area contributed by atoms with Gasteiger partial charge in [-0.2, -0.15) is 0 Å². The van der Waals surface area contributed by atoms with Crippen LogP contribution in [0.15, 0.2) is 47.8 Å². The largest absolute Gasteiger partial charge is 0.350 e. The number of carbonyl (C=O) groups is 1. The fourth-order valence-corrected chi connectivity index (χ4v) is 3.82. The highest BCUT2D eigenvalue weighted by Crippen LogP contribution is 2.21. The van der Waals surface area contributed by atoms with Crippen molar-refractivity contribution in [3.63, 3.8) is 0 Å². The molecule has 0 unspecified atom stereocenters. The highest BCUT2D eigenvalue weighted by molar-refractivity contribution is 7.12. The molecule has 0 radical (unpaired) electrons. The molecule has 0 saturated carbocycles. The van der Waals surface area contributed by atoms with E-state index in [0.717, 1.165) is 37.0 Å². The Morgan fingerprint density at radius 3 is 2.54 bits per heavy atom. The molecule has 3 nitrogen and oxygen atoms in total. The molecule has 1 aromatic carbocycles. The van der Waals surface area contributed by atoms with E-state index in [1.165, 1.54) is 36.2 Å². The van der Waals surface area contributed by atoms with E-state index in [4.69, 9.17) is 0 Å². The van der Waals surface area contributed by atoms with Crippen molar-refractivity contribution in [1.82, 2.24) is 10.2 Å². The van der Waals surface area contributed by atoms with Gasteiger partial charge in [-0.1, -0.05) is 36.4 Å². The summed E-state index contributed by atoms with van der Waals surface area (Å²) >= 11 is 1.49. The maximum absolute atomic E-state index is 11.9. The summed E-state index contributed by atoms with van der Waals surface area (Å²) in [6, 6.07) is 14.6. The minimum absolute atomic E-state index is 0. The molecule has 3 rings (SSSR count). The van der Waals surface area contributed by atoms with Gasteiger partial charge in [0.05, 0.1) is 4.88 Å². The summed E-state index contributed by atoms with van der Waals surface area (Å²) in [5, 5.41) is 4.95. The molecule has 1 aliphatic heterocycles. The van der Waals surface area contributed by atoms with Crippen LogP contribution in [-0.4, -0.2) is 37.0 Å². The maximum atomic E-state index is 11.9. The van der Waals surface area contributed by atoms with Gasteiger partial charge >= 0.3 is 0 Å². The van der Waals surface area contributed by atoms with Crippen molar-refractivity contribution in [3.05, 3.63) is 58.3 Å². The second kappa shape index (κ2) is 9.82. The molecule has 0 bridgehead atoms. The van der Waals surface area contributed by atoms with E-state index < -0.39 is 0 Å². The molecular weight excluding hydrogens is 340 g/mol. The van der Waals surface area contributed by atoms with E-state index in [0.29, 0.717) is 0 Å². The predicted octanol–water partition coefficient (Wildman–Crippen LogP) is 3.85. The van der Waals surface area contributed by atoms with Crippen molar-refractivity contribution >= 4 is 29.7 Å². The molecule has 1 saturated heterocycles. The Kier molecular flexibility index (Phi) is 7.76. The van der Waals surface area contributed by atoms with Crippen LogP contribution < -0.4 is 5.32 Å². The van der Waals surface area contributed by atoms with Crippen molar-refractivity contribution in [2.45, 2.75) is 19.3 Å². The van der Waals surface area contributed by atoms with Gasteiger partial charge in [-0.05, 0) is 55.3 Å². The second-order valence-corrected chi connectivity index (χ2v) is 7.16. The van der Waals surface area contributed by atoms with Crippen molar-refractivity contribution < 1.29 is 4.79 Å². The highest BCUT2D eigenvalue weighted by Gasteiger charge is 2.19. The first-order valence-electron chi connectivity index (χ1n) is 8.39. The van der Waals surface area contributed by atoms with Crippen LogP contribution in [0.2, 0.25) is 0 Å². The Hall–Kier alpha value is -1.36. The lowest BCUT2D eigenvalue weighted by Crippen LogP contribution is -2.39. The number of likely N-dealkylation sites (tertiary alicyclic amines) is 1. The summed E-state index contributed by atoms with van der Waals surface area (Å²) in [5.41, 5.74) is 1.45. The molecule has 2 heterocycles. The highest BCUT2D eigenvalue weighted by atomic mass is 35.5. The molecular formula is C19H25ClN2OS. The van der Waals surface area contributed by atoms with E-state index >= 15 is 0 Å². The van der Waals surface area contributed by atoms with Gasteiger partial charge in [0.25, 0.3) is 5.91 Å². The van der Waals surface area contributed by atoms with E-state index in [9.17, 15) is 4.79 Å². The van der Waals surface area contributed by atoms with Gasteiger partial charge in [-0.25, -0.2) is 0 Å². The average Bonchev–Trinajstić information content (AvgIpc) is 3.12. The van der Waals surface area contributed by atoms with E-state index in [1.54, 1.807) is 0 Å².